The molecule has 0 aliphatic heterocycles. The van der Waals surface area contributed by atoms with Crippen LogP contribution < -0.4 is 0 Å². The molecule has 0 bridgehead atoms. The summed E-state index contributed by atoms with van der Waals surface area (Å²) in [5, 5.41) is 18.5. The minimum atomic E-state index is -1.05. The summed E-state index contributed by atoms with van der Waals surface area (Å²) in [4.78, 5) is 12.2. The molecule has 0 aliphatic carbocycles. The van der Waals surface area contributed by atoms with E-state index in [1.165, 1.54) is 4.90 Å². The molecule has 2 N–H and O–H groups in total. The molecule has 84 valence electrons. The monoisotopic (exact) mass is 223 g/mol. The molecule has 0 rings (SSSR count). The number of aliphatic hydroxyl groups excluding tert-OH is 1. The first-order chi connectivity index (χ1) is 6.21. The van der Waals surface area contributed by atoms with Gasteiger partial charge in [0.25, 0.3) is 0 Å². The summed E-state index contributed by atoms with van der Waals surface area (Å²) in [5.74, 6) is 0.0288. The average molecular weight is 224 g/mol. The zero-order valence-electron chi connectivity index (χ0n) is 8.99. The maximum Gasteiger partial charge on any atom is 0.408 e. The number of rotatable bonds is 3. The van der Waals surface area contributed by atoms with Gasteiger partial charge in [-0.3, -0.25) is 4.90 Å². The first-order valence-electron chi connectivity index (χ1n) is 4.48. The third-order valence-electron chi connectivity index (χ3n) is 2.05. The molecule has 0 heterocycles. The quantitative estimate of drug-likeness (QED) is 0.717. The Kier molecular flexibility index (Phi) is 4.68. The van der Waals surface area contributed by atoms with Crippen LogP contribution in [0, 0.1) is 0 Å². The summed E-state index contributed by atoms with van der Waals surface area (Å²) in [5.41, 5.74) is -0.543. The molecule has 0 radical (unpaired) electrons. The Morgan fingerprint density at radius 2 is 1.93 bits per heavy atom. The molecule has 0 aliphatic rings. The largest absolute Gasteiger partial charge is 0.465 e. The lowest BCUT2D eigenvalue weighted by Crippen LogP contribution is -2.54. The maximum atomic E-state index is 11.0. The number of hydrogen-bond acceptors (Lipinski definition) is 2. The molecule has 0 saturated heterocycles. The number of nitrogens with zero attached hydrogens (tertiary/aromatic N) is 1. The molecule has 0 unspecified atom stereocenters. The predicted octanol–water partition coefficient (Wildman–Crippen LogP) is 1.75. The lowest BCUT2D eigenvalue weighted by Gasteiger charge is -2.39. The summed E-state index contributed by atoms with van der Waals surface area (Å²) in [6, 6.07) is -0.509. The van der Waals surface area contributed by atoms with Crippen molar-refractivity contribution in [3.63, 3.8) is 0 Å². The predicted molar refractivity (Wildman–Crippen MR) is 55.8 cm³/mol. The highest BCUT2D eigenvalue weighted by Gasteiger charge is 2.33. The molecular weight excluding hydrogens is 206 g/mol. The molecule has 2 atom stereocenters. The SMILES string of the molecule is C[C@@H]([C@@H](O)CCl)N(C(=O)O)C(C)(C)C. The smallest absolute Gasteiger partial charge is 0.408 e. The normalized spacial score (nSPS) is 16.1. The molecule has 0 aromatic carbocycles. The Bertz CT molecular complexity index is 203. The summed E-state index contributed by atoms with van der Waals surface area (Å²) in [6.45, 7) is 6.97. The summed E-state index contributed by atoms with van der Waals surface area (Å²) in [6.07, 6.45) is -1.89. The molecule has 14 heavy (non-hydrogen) atoms. The zero-order valence-corrected chi connectivity index (χ0v) is 9.75. The third-order valence-corrected chi connectivity index (χ3v) is 2.37. The van der Waals surface area contributed by atoms with E-state index in [1.807, 2.05) is 0 Å². The molecule has 0 aromatic heterocycles. The van der Waals surface area contributed by atoms with Crippen LogP contribution in [0.15, 0.2) is 0 Å². The number of amides is 1. The van der Waals surface area contributed by atoms with Crippen LogP contribution in [-0.4, -0.2) is 44.8 Å². The van der Waals surface area contributed by atoms with E-state index in [9.17, 15) is 9.90 Å². The lowest BCUT2D eigenvalue weighted by molar-refractivity contribution is 0.0233. The van der Waals surface area contributed by atoms with Gasteiger partial charge in [0.05, 0.1) is 18.0 Å². The van der Waals surface area contributed by atoms with Crippen LogP contribution >= 0.6 is 11.6 Å². The van der Waals surface area contributed by atoms with Crippen molar-refractivity contribution in [1.82, 2.24) is 4.90 Å². The van der Waals surface area contributed by atoms with Crippen molar-refractivity contribution in [3.05, 3.63) is 0 Å². The van der Waals surface area contributed by atoms with Crippen LogP contribution in [0.2, 0.25) is 0 Å². The standard InChI is InChI=1S/C9H18ClNO3/c1-6(7(12)5-10)11(8(13)14)9(2,3)4/h6-7,12H,5H2,1-4H3,(H,13,14)/t6-,7-/m0/s1. The van der Waals surface area contributed by atoms with Gasteiger partial charge in [0.15, 0.2) is 0 Å². The van der Waals surface area contributed by atoms with Gasteiger partial charge in [-0.2, -0.15) is 0 Å². The second kappa shape index (κ2) is 4.84. The Morgan fingerprint density at radius 1 is 1.50 bits per heavy atom. The van der Waals surface area contributed by atoms with Gasteiger partial charge in [-0.15, -0.1) is 11.6 Å². The highest BCUT2D eigenvalue weighted by atomic mass is 35.5. The molecular formula is C9H18ClNO3. The van der Waals surface area contributed by atoms with Crippen LogP contribution in [0.25, 0.3) is 0 Å². The molecule has 0 saturated carbocycles. The Morgan fingerprint density at radius 3 is 2.14 bits per heavy atom. The summed E-state index contributed by atoms with van der Waals surface area (Å²) in [7, 11) is 0. The Balaban J connectivity index is 4.76. The Hall–Kier alpha value is -0.480. The van der Waals surface area contributed by atoms with Crippen molar-refractivity contribution in [2.45, 2.75) is 45.4 Å². The van der Waals surface area contributed by atoms with Gasteiger partial charge in [-0.05, 0) is 27.7 Å². The van der Waals surface area contributed by atoms with E-state index in [0.29, 0.717) is 0 Å². The molecule has 5 heteroatoms. The highest BCUT2D eigenvalue weighted by Crippen LogP contribution is 2.19. The van der Waals surface area contributed by atoms with E-state index < -0.39 is 23.8 Å². The van der Waals surface area contributed by atoms with Gasteiger partial charge < -0.3 is 10.2 Å². The van der Waals surface area contributed by atoms with Crippen LogP contribution in [0.5, 0.6) is 0 Å². The van der Waals surface area contributed by atoms with Crippen molar-refractivity contribution >= 4 is 17.7 Å². The van der Waals surface area contributed by atoms with E-state index in [1.54, 1.807) is 27.7 Å². The van der Waals surface area contributed by atoms with Gasteiger partial charge in [-0.25, -0.2) is 4.79 Å². The number of halogens is 1. The number of alkyl halides is 1. The van der Waals surface area contributed by atoms with E-state index in [2.05, 4.69) is 0 Å². The molecule has 4 nitrogen and oxygen atoms in total. The molecule has 0 spiro atoms. The summed E-state index contributed by atoms with van der Waals surface area (Å²) >= 11 is 5.48. The fraction of sp³-hybridized carbons (Fsp3) is 0.889. The number of hydrogen-bond donors (Lipinski definition) is 2. The molecule has 0 aromatic rings. The topological polar surface area (TPSA) is 60.8 Å². The van der Waals surface area contributed by atoms with E-state index in [-0.39, 0.29) is 5.88 Å². The molecule has 1 amide bonds. The van der Waals surface area contributed by atoms with E-state index >= 15 is 0 Å². The van der Waals surface area contributed by atoms with Crippen LogP contribution in [0.3, 0.4) is 0 Å². The molecule has 0 fully saturated rings. The number of carboxylic acid groups (broad SMARTS) is 1. The van der Waals surface area contributed by atoms with Crippen molar-refractivity contribution in [3.8, 4) is 0 Å². The number of aliphatic hydroxyl groups is 1. The van der Waals surface area contributed by atoms with Gasteiger partial charge in [0.2, 0.25) is 0 Å². The van der Waals surface area contributed by atoms with Gasteiger partial charge >= 0.3 is 6.09 Å². The minimum Gasteiger partial charge on any atom is -0.465 e. The van der Waals surface area contributed by atoms with E-state index in [4.69, 9.17) is 16.7 Å². The zero-order chi connectivity index (χ0) is 11.5. The van der Waals surface area contributed by atoms with Gasteiger partial charge in [-0.1, -0.05) is 0 Å². The Labute approximate surface area is 89.5 Å². The first-order valence-corrected chi connectivity index (χ1v) is 5.01. The van der Waals surface area contributed by atoms with Gasteiger partial charge in [0.1, 0.15) is 0 Å². The van der Waals surface area contributed by atoms with Crippen LogP contribution in [0.1, 0.15) is 27.7 Å². The van der Waals surface area contributed by atoms with Gasteiger partial charge in [0, 0.05) is 5.54 Å². The van der Waals surface area contributed by atoms with Crippen molar-refractivity contribution < 1.29 is 15.0 Å². The van der Waals surface area contributed by atoms with Crippen molar-refractivity contribution in [2.75, 3.05) is 5.88 Å². The van der Waals surface area contributed by atoms with Crippen LogP contribution in [0.4, 0.5) is 4.79 Å². The number of carbonyl (C=O) groups is 1. The second-order valence-corrected chi connectivity index (χ2v) is 4.59. The van der Waals surface area contributed by atoms with Crippen LogP contribution in [-0.2, 0) is 0 Å². The minimum absolute atomic E-state index is 0.0288. The summed E-state index contributed by atoms with van der Waals surface area (Å²) < 4.78 is 0. The fourth-order valence-electron chi connectivity index (χ4n) is 1.37. The van der Waals surface area contributed by atoms with Crippen molar-refractivity contribution in [2.24, 2.45) is 0 Å². The lowest BCUT2D eigenvalue weighted by atomic mass is 10.0. The average Bonchev–Trinajstić information content (AvgIpc) is 1.99. The van der Waals surface area contributed by atoms with Crippen molar-refractivity contribution in [1.29, 1.82) is 0 Å². The fourth-order valence-corrected chi connectivity index (χ4v) is 1.63. The first kappa shape index (κ1) is 13.5. The third kappa shape index (κ3) is 3.35. The van der Waals surface area contributed by atoms with E-state index in [0.717, 1.165) is 0 Å². The highest BCUT2D eigenvalue weighted by molar-refractivity contribution is 6.18. The second-order valence-electron chi connectivity index (χ2n) is 4.29. The maximum absolute atomic E-state index is 11.0.